The smallest absolute Gasteiger partial charge is 0.323 e. The number of anilines is 3. The van der Waals surface area contributed by atoms with Crippen LogP contribution in [0.3, 0.4) is 0 Å². The molecule has 1 aromatic carbocycles. The second kappa shape index (κ2) is 11.6. The molecular formula is C26H29N5O3S2. The van der Waals surface area contributed by atoms with Crippen LogP contribution in [0.5, 0.6) is 17.5 Å². The van der Waals surface area contributed by atoms with Crippen LogP contribution in [0.25, 0.3) is 11.1 Å². The Kier molecular flexibility index (Phi) is 7.82. The van der Waals surface area contributed by atoms with Crippen molar-refractivity contribution in [3.05, 3.63) is 51.3 Å². The Hall–Kier alpha value is -3.37. The van der Waals surface area contributed by atoms with Crippen molar-refractivity contribution in [1.82, 2.24) is 15.0 Å². The number of hydrogen-bond donors (Lipinski definition) is 1. The Morgan fingerprint density at radius 1 is 0.917 bits per heavy atom. The van der Waals surface area contributed by atoms with Gasteiger partial charge in [-0.15, -0.1) is 11.3 Å². The highest BCUT2D eigenvalue weighted by Crippen LogP contribution is 2.35. The predicted octanol–water partition coefficient (Wildman–Crippen LogP) is 6.03. The average Bonchev–Trinajstić information content (AvgIpc) is 3.61. The molecule has 0 amide bonds. The Labute approximate surface area is 218 Å². The standard InChI is InChI=1S/C26H29N5O3S2/c1-32-22-7-6-18(14-23(22)33-2)8-12-34-26-29-24(28-25(30-26)31-10-4-3-5-11-31)27-21-17-36-16-20(21)19-9-13-35-15-19/h6-7,9,13-17H,3-5,8,10-12H2,1-2H3,(H,27,28,29,30). The van der Waals surface area contributed by atoms with Gasteiger partial charge in [0.2, 0.25) is 11.9 Å². The van der Waals surface area contributed by atoms with E-state index in [2.05, 4.69) is 47.8 Å². The molecule has 10 heteroatoms. The van der Waals surface area contributed by atoms with E-state index in [1.54, 1.807) is 36.9 Å². The van der Waals surface area contributed by atoms with Crippen LogP contribution in [-0.4, -0.2) is 48.9 Å². The van der Waals surface area contributed by atoms with E-state index in [1.807, 2.05) is 18.2 Å². The molecule has 188 valence electrons. The molecule has 0 unspecified atom stereocenters. The zero-order valence-corrected chi connectivity index (χ0v) is 22.0. The Bertz CT molecular complexity index is 1270. The molecule has 4 aromatic rings. The summed E-state index contributed by atoms with van der Waals surface area (Å²) in [5.41, 5.74) is 4.37. The lowest BCUT2D eigenvalue weighted by Gasteiger charge is -2.26. The SMILES string of the molecule is COc1ccc(CCOc2nc(Nc3cscc3-c3ccsc3)nc(N3CCCCC3)n2)cc1OC. The first-order valence-electron chi connectivity index (χ1n) is 11.9. The van der Waals surface area contributed by atoms with Crippen LogP contribution in [-0.2, 0) is 6.42 Å². The number of thiophene rings is 2. The molecule has 8 nitrogen and oxygen atoms in total. The van der Waals surface area contributed by atoms with E-state index in [9.17, 15) is 0 Å². The van der Waals surface area contributed by atoms with Crippen LogP contribution in [0, 0.1) is 0 Å². The van der Waals surface area contributed by atoms with Gasteiger partial charge in [0, 0.05) is 35.8 Å². The predicted molar refractivity (Wildman–Crippen MR) is 146 cm³/mol. The van der Waals surface area contributed by atoms with Crippen molar-refractivity contribution in [2.45, 2.75) is 25.7 Å². The summed E-state index contributed by atoms with van der Waals surface area (Å²) in [6.45, 7) is 2.30. The lowest BCUT2D eigenvalue weighted by Crippen LogP contribution is -2.31. The number of nitrogens with zero attached hydrogens (tertiary/aromatic N) is 4. The Morgan fingerprint density at radius 3 is 2.56 bits per heavy atom. The van der Waals surface area contributed by atoms with Crippen LogP contribution >= 0.6 is 22.7 Å². The summed E-state index contributed by atoms with van der Waals surface area (Å²) < 4.78 is 16.8. The summed E-state index contributed by atoms with van der Waals surface area (Å²) in [5.74, 6) is 2.55. The molecule has 0 bridgehead atoms. The first-order chi connectivity index (χ1) is 17.7. The molecule has 1 aliphatic rings. The number of piperidine rings is 1. The molecule has 0 aliphatic carbocycles. The fraction of sp³-hybridized carbons (Fsp3) is 0.346. The van der Waals surface area contributed by atoms with Crippen molar-refractivity contribution in [2.75, 3.05) is 44.1 Å². The zero-order chi connectivity index (χ0) is 24.7. The summed E-state index contributed by atoms with van der Waals surface area (Å²) in [7, 11) is 3.27. The van der Waals surface area contributed by atoms with Gasteiger partial charge in [-0.3, -0.25) is 0 Å². The number of ether oxygens (including phenoxy) is 3. The van der Waals surface area contributed by atoms with Crippen LogP contribution in [0.4, 0.5) is 17.6 Å². The van der Waals surface area contributed by atoms with E-state index in [1.165, 1.54) is 12.0 Å². The van der Waals surface area contributed by atoms with Gasteiger partial charge in [0.05, 0.1) is 26.5 Å². The van der Waals surface area contributed by atoms with Crippen molar-refractivity contribution >= 4 is 40.3 Å². The Balaban J connectivity index is 1.34. The van der Waals surface area contributed by atoms with Crippen LogP contribution in [0.15, 0.2) is 45.8 Å². The Morgan fingerprint density at radius 2 is 1.78 bits per heavy atom. The topological polar surface area (TPSA) is 81.6 Å². The molecule has 1 N–H and O–H groups in total. The third kappa shape index (κ3) is 5.71. The first kappa shape index (κ1) is 24.3. The van der Waals surface area contributed by atoms with Crippen molar-refractivity contribution < 1.29 is 14.2 Å². The number of methoxy groups -OCH3 is 2. The van der Waals surface area contributed by atoms with Crippen molar-refractivity contribution in [2.24, 2.45) is 0 Å². The fourth-order valence-electron chi connectivity index (χ4n) is 4.15. The van der Waals surface area contributed by atoms with Gasteiger partial charge in [0.1, 0.15) is 0 Å². The summed E-state index contributed by atoms with van der Waals surface area (Å²) in [5, 5.41) is 11.9. The fourth-order valence-corrected chi connectivity index (χ4v) is 5.60. The van der Waals surface area contributed by atoms with E-state index in [4.69, 9.17) is 19.2 Å². The molecule has 5 rings (SSSR count). The van der Waals surface area contributed by atoms with Crippen LogP contribution < -0.4 is 24.4 Å². The summed E-state index contributed by atoms with van der Waals surface area (Å²) >= 11 is 3.33. The van der Waals surface area contributed by atoms with Gasteiger partial charge >= 0.3 is 6.01 Å². The molecule has 0 spiro atoms. The van der Waals surface area contributed by atoms with Gasteiger partial charge in [0.25, 0.3) is 0 Å². The maximum atomic E-state index is 6.04. The summed E-state index contributed by atoms with van der Waals surface area (Å²) in [6.07, 6.45) is 4.19. The van der Waals surface area contributed by atoms with Crippen molar-refractivity contribution in [1.29, 1.82) is 0 Å². The third-order valence-corrected chi connectivity index (χ3v) is 7.48. The van der Waals surface area contributed by atoms with E-state index in [0.29, 0.717) is 42.4 Å². The quantitative estimate of drug-likeness (QED) is 0.270. The lowest BCUT2D eigenvalue weighted by molar-refractivity contribution is 0.295. The maximum absolute atomic E-state index is 6.04. The molecule has 0 saturated carbocycles. The van der Waals surface area contributed by atoms with Gasteiger partial charge in [-0.05, 0) is 59.3 Å². The first-order valence-corrected chi connectivity index (χ1v) is 13.8. The minimum Gasteiger partial charge on any atom is -0.493 e. The molecule has 1 aliphatic heterocycles. The maximum Gasteiger partial charge on any atom is 0.323 e. The highest BCUT2D eigenvalue weighted by molar-refractivity contribution is 7.09. The van der Waals surface area contributed by atoms with E-state index in [0.717, 1.165) is 42.7 Å². The van der Waals surface area contributed by atoms with Crippen LogP contribution in [0.2, 0.25) is 0 Å². The van der Waals surface area contributed by atoms with E-state index < -0.39 is 0 Å². The minimum absolute atomic E-state index is 0.320. The van der Waals surface area contributed by atoms with E-state index in [-0.39, 0.29) is 0 Å². The number of aromatic nitrogens is 3. The molecule has 3 aromatic heterocycles. The monoisotopic (exact) mass is 523 g/mol. The minimum atomic E-state index is 0.320. The van der Waals surface area contributed by atoms with Crippen LogP contribution in [0.1, 0.15) is 24.8 Å². The number of benzene rings is 1. The number of rotatable bonds is 10. The molecule has 0 atom stereocenters. The molecule has 4 heterocycles. The van der Waals surface area contributed by atoms with Gasteiger partial charge in [0.15, 0.2) is 11.5 Å². The lowest BCUT2D eigenvalue weighted by atomic mass is 10.1. The second-order valence-corrected chi connectivity index (χ2v) is 9.94. The average molecular weight is 524 g/mol. The summed E-state index contributed by atoms with van der Waals surface area (Å²) in [4.78, 5) is 16.2. The second-order valence-electron chi connectivity index (χ2n) is 8.41. The van der Waals surface area contributed by atoms with Gasteiger partial charge < -0.3 is 24.4 Å². The molecule has 1 saturated heterocycles. The molecular weight excluding hydrogens is 494 g/mol. The normalized spacial score (nSPS) is 13.4. The van der Waals surface area contributed by atoms with Gasteiger partial charge in [-0.25, -0.2) is 0 Å². The third-order valence-electron chi connectivity index (χ3n) is 6.05. The molecule has 36 heavy (non-hydrogen) atoms. The number of hydrogen-bond acceptors (Lipinski definition) is 10. The van der Waals surface area contributed by atoms with Gasteiger partial charge in [-0.1, -0.05) is 6.07 Å². The van der Waals surface area contributed by atoms with Crippen molar-refractivity contribution in [3.8, 4) is 28.6 Å². The summed E-state index contributed by atoms with van der Waals surface area (Å²) in [6, 6.07) is 8.31. The molecule has 1 fully saturated rings. The largest absolute Gasteiger partial charge is 0.493 e. The van der Waals surface area contributed by atoms with E-state index >= 15 is 0 Å². The number of nitrogens with one attached hydrogen (secondary N) is 1. The van der Waals surface area contributed by atoms with Gasteiger partial charge in [-0.2, -0.15) is 26.3 Å². The highest BCUT2D eigenvalue weighted by Gasteiger charge is 2.18. The molecule has 0 radical (unpaired) electrons. The highest BCUT2D eigenvalue weighted by atomic mass is 32.1. The van der Waals surface area contributed by atoms with Crippen molar-refractivity contribution in [3.63, 3.8) is 0 Å². The zero-order valence-electron chi connectivity index (χ0n) is 20.4.